The lowest BCUT2D eigenvalue weighted by Gasteiger charge is -2.35. The number of carbonyl (C=O) groups is 1. The van der Waals surface area contributed by atoms with Crippen LogP contribution in [0.4, 0.5) is 5.95 Å². The summed E-state index contributed by atoms with van der Waals surface area (Å²) in [6.07, 6.45) is 6.46. The molecule has 1 saturated heterocycles. The summed E-state index contributed by atoms with van der Waals surface area (Å²) in [5, 5.41) is 2.86. The van der Waals surface area contributed by atoms with Crippen molar-refractivity contribution in [1.82, 2.24) is 15.3 Å². The molecule has 2 heterocycles. The van der Waals surface area contributed by atoms with Crippen molar-refractivity contribution in [3.8, 4) is 0 Å². The monoisotopic (exact) mass is 260 g/mol. The Morgan fingerprint density at radius 1 is 1.63 bits per heavy atom. The molecule has 1 N–H and O–H groups in total. The van der Waals surface area contributed by atoms with Gasteiger partial charge in [-0.1, -0.05) is 6.58 Å². The summed E-state index contributed by atoms with van der Waals surface area (Å²) < 4.78 is 0. The Morgan fingerprint density at radius 3 is 3.21 bits per heavy atom. The third kappa shape index (κ3) is 3.53. The van der Waals surface area contributed by atoms with Gasteiger partial charge >= 0.3 is 0 Å². The fourth-order valence-electron chi connectivity index (χ4n) is 2.34. The van der Waals surface area contributed by atoms with Crippen LogP contribution in [0.25, 0.3) is 0 Å². The summed E-state index contributed by atoms with van der Waals surface area (Å²) in [5.41, 5.74) is 0.962. The summed E-state index contributed by atoms with van der Waals surface area (Å²) in [7, 11) is 0. The second-order valence-electron chi connectivity index (χ2n) is 4.79. The van der Waals surface area contributed by atoms with Crippen molar-refractivity contribution >= 4 is 11.9 Å². The Kier molecular flexibility index (Phi) is 4.49. The smallest absolute Gasteiger partial charge is 0.243 e. The summed E-state index contributed by atoms with van der Waals surface area (Å²) in [4.78, 5) is 22.3. The summed E-state index contributed by atoms with van der Waals surface area (Å²) in [6, 6.07) is 2.15. The Morgan fingerprint density at radius 2 is 2.47 bits per heavy atom. The van der Waals surface area contributed by atoms with Gasteiger partial charge in [0.15, 0.2) is 0 Å². The van der Waals surface area contributed by atoms with Crippen LogP contribution in [0.1, 0.15) is 25.0 Å². The van der Waals surface area contributed by atoms with Crippen molar-refractivity contribution in [2.75, 3.05) is 18.0 Å². The van der Waals surface area contributed by atoms with E-state index in [-0.39, 0.29) is 11.9 Å². The first kappa shape index (κ1) is 13.5. The molecule has 0 spiro atoms. The van der Waals surface area contributed by atoms with Crippen LogP contribution < -0.4 is 10.2 Å². The molecule has 0 aliphatic carbocycles. The van der Waals surface area contributed by atoms with Gasteiger partial charge < -0.3 is 10.2 Å². The molecule has 2 rings (SSSR count). The maximum Gasteiger partial charge on any atom is 0.243 e. The highest BCUT2D eigenvalue weighted by Crippen LogP contribution is 2.21. The van der Waals surface area contributed by atoms with Gasteiger partial charge in [-0.15, -0.1) is 0 Å². The number of piperidine rings is 1. The molecule has 0 unspecified atom stereocenters. The van der Waals surface area contributed by atoms with E-state index in [0.29, 0.717) is 6.54 Å². The van der Waals surface area contributed by atoms with E-state index in [2.05, 4.69) is 26.8 Å². The van der Waals surface area contributed by atoms with Crippen molar-refractivity contribution in [3.05, 3.63) is 30.6 Å². The lowest BCUT2D eigenvalue weighted by molar-refractivity contribution is -0.116. The van der Waals surface area contributed by atoms with E-state index in [1.54, 1.807) is 6.20 Å². The predicted molar refractivity (Wildman–Crippen MR) is 75.0 cm³/mol. The number of hydrogen-bond acceptors (Lipinski definition) is 4. The van der Waals surface area contributed by atoms with Crippen molar-refractivity contribution in [1.29, 1.82) is 0 Å². The zero-order valence-corrected chi connectivity index (χ0v) is 11.3. The summed E-state index contributed by atoms with van der Waals surface area (Å²) in [5.74, 6) is 0.633. The molecule has 1 amide bonds. The molecule has 19 heavy (non-hydrogen) atoms. The zero-order valence-electron chi connectivity index (χ0n) is 11.3. The van der Waals surface area contributed by atoms with Crippen LogP contribution in [0, 0.1) is 6.92 Å². The third-order valence-electron chi connectivity index (χ3n) is 3.36. The molecule has 102 valence electrons. The molecule has 1 aromatic heterocycles. The first-order chi connectivity index (χ1) is 9.20. The molecule has 1 atom stereocenters. The van der Waals surface area contributed by atoms with Crippen LogP contribution in [0.5, 0.6) is 0 Å². The quantitative estimate of drug-likeness (QED) is 0.832. The van der Waals surface area contributed by atoms with E-state index in [4.69, 9.17) is 0 Å². The van der Waals surface area contributed by atoms with E-state index < -0.39 is 0 Å². The number of aryl methyl sites for hydroxylation is 1. The molecule has 1 fully saturated rings. The van der Waals surface area contributed by atoms with E-state index in [9.17, 15) is 4.79 Å². The molecule has 5 nitrogen and oxygen atoms in total. The zero-order chi connectivity index (χ0) is 13.7. The van der Waals surface area contributed by atoms with Gasteiger partial charge in [-0.3, -0.25) is 4.79 Å². The van der Waals surface area contributed by atoms with E-state index in [0.717, 1.165) is 31.0 Å². The van der Waals surface area contributed by atoms with Gasteiger partial charge in [0.05, 0.1) is 0 Å². The average molecular weight is 260 g/mol. The molecular formula is C14H20N4O. The molecule has 1 aromatic rings. The minimum Gasteiger partial charge on any atom is -0.351 e. The average Bonchev–Trinajstić information content (AvgIpc) is 2.45. The number of rotatable bonds is 4. The normalized spacial score (nSPS) is 19.0. The van der Waals surface area contributed by atoms with Gasteiger partial charge in [-0.05, 0) is 38.3 Å². The SMILES string of the molecule is C=CC(=O)NC[C@@H]1CCCCN1c1nccc(C)n1. The van der Waals surface area contributed by atoms with Crippen LogP contribution >= 0.6 is 0 Å². The number of nitrogens with one attached hydrogen (secondary N) is 1. The molecule has 1 aliphatic heterocycles. The molecular weight excluding hydrogens is 240 g/mol. The number of amides is 1. The lowest BCUT2D eigenvalue weighted by atomic mass is 10.0. The summed E-state index contributed by atoms with van der Waals surface area (Å²) in [6.45, 7) is 6.98. The molecule has 0 saturated carbocycles. The van der Waals surface area contributed by atoms with Crippen LogP contribution in [-0.2, 0) is 4.79 Å². The lowest BCUT2D eigenvalue weighted by Crippen LogP contribution is -2.47. The van der Waals surface area contributed by atoms with Gasteiger partial charge in [0, 0.05) is 31.0 Å². The maximum atomic E-state index is 11.3. The molecule has 0 bridgehead atoms. The highest BCUT2D eigenvalue weighted by atomic mass is 16.1. The standard InChI is InChI=1S/C14H20N4O/c1-3-13(19)16-10-12-6-4-5-9-18(12)14-15-8-7-11(2)17-14/h3,7-8,12H,1,4-6,9-10H2,2H3,(H,16,19)/t12-/m0/s1. The number of hydrogen-bond donors (Lipinski definition) is 1. The van der Waals surface area contributed by atoms with Crippen LogP contribution in [0.2, 0.25) is 0 Å². The van der Waals surface area contributed by atoms with E-state index in [1.165, 1.54) is 12.5 Å². The molecule has 0 aromatic carbocycles. The second-order valence-corrected chi connectivity index (χ2v) is 4.79. The van der Waals surface area contributed by atoms with Gasteiger partial charge in [-0.2, -0.15) is 0 Å². The molecule has 1 aliphatic rings. The first-order valence-corrected chi connectivity index (χ1v) is 6.67. The topological polar surface area (TPSA) is 58.1 Å². The number of carbonyl (C=O) groups excluding carboxylic acids is 1. The minimum atomic E-state index is -0.129. The Bertz CT molecular complexity index is 461. The highest BCUT2D eigenvalue weighted by Gasteiger charge is 2.24. The van der Waals surface area contributed by atoms with Gasteiger partial charge in [0.25, 0.3) is 0 Å². The Hall–Kier alpha value is -1.91. The third-order valence-corrected chi connectivity index (χ3v) is 3.36. The Balaban J connectivity index is 2.07. The molecule has 0 radical (unpaired) electrons. The fraction of sp³-hybridized carbons (Fsp3) is 0.500. The number of nitrogens with zero attached hydrogens (tertiary/aromatic N) is 3. The van der Waals surface area contributed by atoms with Crippen LogP contribution in [0.3, 0.4) is 0 Å². The largest absolute Gasteiger partial charge is 0.351 e. The first-order valence-electron chi connectivity index (χ1n) is 6.67. The van der Waals surface area contributed by atoms with Gasteiger partial charge in [0.2, 0.25) is 11.9 Å². The minimum absolute atomic E-state index is 0.129. The molecule has 5 heteroatoms. The predicted octanol–water partition coefficient (Wildman–Crippen LogP) is 1.45. The summed E-state index contributed by atoms with van der Waals surface area (Å²) >= 11 is 0. The van der Waals surface area contributed by atoms with Crippen molar-refractivity contribution in [2.24, 2.45) is 0 Å². The highest BCUT2D eigenvalue weighted by molar-refractivity contribution is 5.86. The van der Waals surface area contributed by atoms with Crippen LogP contribution in [-0.4, -0.2) is 35.0 Å². The second kappa shape index (κ2) is 6.31. The number of aromatic nitrogens is 2. The van der Waals surface area contributed by atoms with Crippen molar-refractivity contribution in [2.45, 2.75) is 32.2 Å². The Labute approximate surface area is 113 Å². The van der Waals surface area contributed by atoms with Crippen molar-refractivity contribution in [3.63, 3.8) is 0 Å². The van der Waals surface area contributed by atoms with Gasteiger partial charge in [-0.25, -0.2) is 9.97 Å². The van der Waals surface area contributed by atoms with E-state index in [1.807, 2.05) is 13.0 Å². The van der Waals surface area contributed by atoms with E-state index >= 15 is 0 Å². The fourth-order valence-corrected chi connectivity index (χ4v) is 2.34. The van der Waals surface area contributed by atoms with Crippen LogP contribution in [0.15, 0.2) is 24.9 Å². The maximum absolute atomic E-state index is 11.3. The number of anilines is 1. The van der Waals surface area contributed by atoms with Gasteiger partial charge in [0.1, 0.15) is 0 Å². The van der Waals surface area contributed by atoms with Crippen molar-refractivity contribution < 1.29 is 4.79 Å².